The molecule has 2 rings (SSSR count). The number of hydrogen-bond donors (Lipinski definition) is 1. The standard InChI is InChI=1S/C12H15N3OS/c1-8(2)15-7-10(6-13-15)14-12(16)11-4-5-17-9(11)3/h4-8H,1-3H3,(H,14,16). The van der Waals surface area contributed by atoms with Crippen molar-refractivity contribution in [1.29, 1.82) is 0 Å². The lowest BCUT2D eigenvalue weighted by Gasteiger charge is -2.04. The number of anilines is 1. The molecule has 0 saturated carbocycles. The summed E-state index contributed by atoms with van der Waals surface area (Å²) in [7, 11) is 0. The van der Waals surface area contributed by atoms with E-state index in [-0.39, 0.29) is 5.91 Å². The number of aromatic nitrogens is 2. The first-order chi connectivity index (χ1) is 8.08. The molecular weight excluding hydrogens is 234 g/mol. The van der Waals surface area contributed by atoms with Crippen LogP contribution in [0.15, 0.2) is 23.8 Å². The molecule has 2 aromatic heterocycles. The van der Waals surface area contributed by atoms with Crippen LogP contribution in [0.25, 0.3) is 0 Å². The minimum Gasteiger partial charge on any atom is -0.319 e. The molecule has 0 aliphatic heterocycles. The second kappa shape index (κ2) is 4.71. The third-order valence-corrected chi connectivity index (χ3v) is 3.34. The number of aryl methyl sites for hydroxylation is 1. The van der Waals surface area contributed by atoms with Gasteiger partial charge < -0.3 is 5.32 Å². The predicted octanol–water partition coefficient (Wildman–Crippen LogP) is 3.09. The van der Waals surface area contributed by atoms with Crippen molar-refractivity contribution >= 4 is 22.9 Å². The zero-order valence-corrected chi connectivity index (χ0v) is 10.9. The Hall–Kier alpha value is -1.62. The molecule has 0 spiro atoms. The van der Waals surface area contributed by atoms with E-state index in [1.165, 1.54) is 0 Å². The quantitative estimate of drug-likeness (QED) is 0.908. The van der Waals surface area contributed by atoms with Gasteiger partial charge in [-0.2, -0.15) is 5.10 Å². The Morgan fingerprint density at radius 2 is 2.29 bits per heavy atom. The molecule has 0 radical (unpaired) electrons. The number of carbonyl (C=O) groups excluding carboxylic acids is 1. The van der Waals surface area contributed by atoms with Crippen molar-refractivity contribution in [2.24, 2.45) is 0 Å². The van der Waals surface area contributed by atoms with E-state index in [9.17, 15) is 4.79 Å². The van der Waals surface area contributed by atoms with Gasteiger partial charge in [-0.1, -0.05) is 0 Å². The monoisotopic (exact) mass is 249 g/mol. The maximum atomic E-state index is 11.9. The topological polar surface area (TPSA) is 46.9 Å². The molecule has 2 heterocycles. The highest BCUT2D eigenvalue weighted by Crippen LogP contribution is 2.17. The van der Waals surface area contributed by atoms with Gasteiger partial charge in [0.05, 0.1) is 17.4 Å². The average molecular weight is 249 g/mol. The van der Waals surface area contributed by atoms with E-state index in [2.05, 4.69) is 10.4 Å². The summed E-state index contributed by atoms with van der Waals surface area (Å²) < 4.78 is 1.82. The van der Waals surface area contributed by atoms with Gasteiger partial charge in [0.15, 0.2) is 0 Å². The molecule has 0 fully saturated rings. The maximum Gasteiger partial charge on any atom is 0.256 e. The number of hydrogen-bond acceptors (Lipinski definition) is 3. The van der Waals surface area contributed by atoms with Crippen molar-refractivity contribution < 1.29 is 4.79 Å². The smallest absolute Gasteiger partial charge is 0.256 e. The zero-order chi connectivity index (χ0) is 12.4. The number of thiophene rings is 1. The largest absolute Gasteiger partial charge is 0.319 e. The minimum absolute atomic E-state index is 0.0768. The van der Waals surface area contributed by atoms with E-state index < -0.39 is 0 Å². The van der Waals surface area contributed by atoms with Crippen LogP contribution in [0.3, 0.4) is 0 Å². The summed E-state index contributed by atoms with van der Waals surface area (Å²) in [5, 5.41) is 8.94. The minimum atomic E-state index is -0.0768. The van der Waals surface area contributed by atoms with Crippen LogP contribution in [0.4, 0.5) is 5.69 Å². The molecule has 0 atom stereocenters. The number of amides is 1. The maximum absolute atomic E-state index is 11.9. The van der Waals surface area contributed by atoms with Gasteiger partial charge in [-0.15, -0.1) is 11.3 Å². The molecule has 1 N–H and O–H groups in total. The van der Waals surface area contributed by atoms with Crippen molar-refractivity contribution in [3.05, 3.63) is 34.3 Å². The molecule has 0 unspecified atom stereocenters. The fourth-order valence-electron chi connectivity index (χ4n) is 1.50. The van der Waals surface area contributed by atoms with E-state index in [0.29, 0.717) is 6.04 Å². The van der Waals surface area contributed by atoms with Crippen LogP contribution in [0.5, 0.6) is 0 Å². The van der Waals surface area contributed by atoms with Gasteiger partial charge in [0.25, 0.3) is 5.91 Å². The van der Waals surface area contributed by atoms with Gasteiger partial charge in [-0.3, -0.25) is 9.48 Å². The Bertz CT molecular complexity index is 527. The fraction of sp³-hybridized carbons (Fsp3) is 0.333. The van der Waals surface area contributed by atoms with E-state index in [1.54, 1.807) is 17.5 Å². The highest BCUT2D eigenvalue weighted by Gasteiger charge is 2.11. The summed E-state index contributed by atoms with van der Waals surface area (Å²) in [6.07, 6.45) is 3.50. The van der Waals surface area contributed by atoms with Crippen LogP contribution in [-0.4, -0.2) is 15.7 Å². The molecule has 0 aromatic carbocycles. The van der Waals surface area contributed by atoms with Crippen molar-refractivity contribution in [1.82, 2.24) is 9.78 Å². The van der Waals surface area contributed by atoms with Crippen LogP contribution in [0, 0.1) is 6.92 Å². The van der Waals surface area contributed by atoms with Crippen molar-refractivity contribution in [2.75, 3.05) is 5.32 Å². The molecule has 17 heavy (non-hydrogen) atoms. The number of nitrogens with one attached hydrogen (secondary N) is 1. The molecule has 90 valence electrons. The van der Waals surface area contributed by atoms with Crippen LogP contribution < -0.4 is 5.32 Å². The molecule has 0 bridgehead atoms. The summed E-state index contributed by atoms with van der Waals surface area (Å²) in [6.45, 7) is 6.03. The lowest BCUT2D eigenvalue weighted by atomic mass is 10.2. The first-order valence-corrected chi connectivity index (χ1v) is 6.35. The van der Waals surface area contributed by atoms with Gasteiger partial charge in [-0.05, 0) is 32.2 Å². The second-order valence-corrected chi connectivity index (χ2v) is 5.27. The summed E-state index contributed by atoms with van der Waals surface area (Å²) in [4.78, 5) is 13.0. The van der Waals surface area contributed by atoms with Gasteiger partial charge in [0.1, 0.15) is 0 Å². The Kier molecular flexibility index (Phi) is 3.28. The summed E-state index contributed by atoms with van der Waals surface area (Å²) >= 11 is 1.57. The van der Waals surface area contributed by atoms with Crippen LogP contribution in [0.2, 0.25) is 0 Å². The first kappa shape index (κ1) is 11.9. The Morgan fingerprint density at radius 1 is 1.53 bits per heavy atom. The Morgan fingerprint density at radius 3 is 2.82 bits per heavy atom. The fourth-order valence-corrected chi connectivity index (χ4v) is 2.20. The third-order valence-electron chi connectivity index (χ3n) is 2.49. The van der Waals surface area contributed by atoms with E-state index in [1.807, 2.05) is 43.1 Å². The molecule has 5 heteroatoms. The highest BCUT2D eigenvalue weighted by molar-refractivity contribution is 7.10. The Labute approximate surface area is 104 Å². The second-order valence-electron chi connectivity index (χ2n) is 4.15. The first-order valence-electron chi connectivity index (χ1n) is 5.47. The van der Waals surface area contributed by atoms with Gasteiger partial charge in [0.2, 0.25) is 0 Å². The predicted molar refractivity (Wildman–Crippen MR) is 69.6 cm³/mol. The SMILES string of the molecule is Cc1sccc1C(=O)Nc1cnn(C(C)C)c1. The molecule has 4 nitrogen and oxygen atoms in total. The lowest BCUT2D eigenvalue weighted by molar-refractivity contribution is 0.102. The number of nitrogens with zero attached hydrogens (tertiary/aromatic N) is 2. The number of rotatable bonds is 3. The average Bonchev–Trinajstić information content (AvgIpc) is 2.86. The molecule has 2 aromatic rings. The van der Waals surface area contributed by atoms with Crippen LogP contribution >= 0.6 is 11.3 Å². The van der Waals surface area contributed by atoms with Crippen molar-refractivity contribution in [3.8, 4) is 0 Å². The highest BCUT2D eigenvalue weighted by atomic mass is 32.1. The summed E-state index contributed by atoms with van der Waals surface area (Å²) in [5.74, 6) is -0.0768. The summed E-state index contributed by atoms with van der Waals surface area (Å²) in [5.41, 5.74) is 1.46. The molecule has 1 amide bonds. The van der Waals surface area contributed by atoms with Gasteiger partial charge in [0, 0.05) is 17.1 Å². The van der Waals surface area contributed by atoms with Crippen LogP contribution in [-0.2, 0) is 0 Å². The molecule has 0 aliphatic rings. The van der Waals surface area contributed by atoms with E-state index in [0.717, 1.165) is 16.1 Å². The van der Waals surface area contributed by atoms with Crippen LogP contribution in [0.1, 0.15) is 35.1 Å². The van der Waals surface area contributed by atoms with Gasteiger partial charge >= 0.3 is 0 Å². The molecular formula is C12H15N3OS. The Balaban J connectivity index is 2.11. The molecule has 0 aliphatic carbocycles. The third kappa shape index (κ3) is 2.55. The van der Waals surface area contributed by atoms with Crippen molar-refractivity contribution in [3.63, 3.8) is 0 Å². The number of carbonyl (C=O) groups is 1. The van der Waals surface area contributed by atoms with Gasteiger partial charge in [-0.25, -0.2) is 0 Å². The zero-order valence-electron chi connectivity index (χ0n) is 10.1. The lowest BCUT2D eigenvalue weighted by Crippen LogP contribution is -2.11. The summed E-state index contributed by atoms with van der Waals surface area (Å²) in [6, 6.07) is 2.13. The van der Waals surface area contributed by atoms with E-state index >= 15 is 0 Å². The molecule has 0 saturated heterocycles. The normalized spacial score (nSPS) is 10.8. The van der Waals surface area contributed by atoms with E-state index in [4.69, 9.17) is 0 Å². The van der Waals surface area contributed by atoms with Crippen molar-refractivity contribution in [2.45, 2.75) is 26.8 Å².